The van der Waals surface area contributed by atoms with Gasteiger partial charge in [0.1, 0.15) is 23.0 Å². The minimum atomic E-state index is -0.607. The Bertz CT molecular complexity index is 698. The molecule has 0 bridgehead atoms. The molecule has 3 aromatic rings. The maximum absolute atomic E-state index is 13.1. The fraction of sp³-hybridized carbons (Fsp3) is 0.125. The molecule has 1 N–H and O–H groups in total. The third-order valence-electron chi connectivity index (χ3n) is 3.12. The molecular formula is C16H13F2NO. The van der Waals surface area contributed by atoms with Gasteiger partial charge in [-0.05, 0) is 31.2 Å². The molecule has 4 heteroatoms. The van der Waals surface area contributed by atoms with Gasteiger partial charge in [-0.15, -0.1) is 0 Å². The van der Waals surface area contributed by atoms with E-state index < -0.39 is 11.6 Å². The minimum absolute atomic E-state index is 0.191. The number of hydrogen-bond donors (Lipinski definition) is 1. The van der Waals surface area contributed by atoms with Crippen LogP contribution >= 0.6 is 0 Å². The van der Waals surface area contributed by atoms with Gasteiger partial charge in [0.05, 0.1) is 6.04 Å². The summed E-state index contributed by atoms with van der Waals surface area (Å²) in [6.07, 6.45) is 0. The van der Waals surface area contributed by atoms with Gasteiger partial charge < -0.3 is 9.73 Å². The molecule has 0 saturated carbocycles. The molecule has 0 amide bonds. The summed E-state index contributed by atoms with van der Waals surface area (Å²) in [6.45, 7) is 1.88. The zero-order chi connectivity index (χ0) is 14.1. The van der Waals surface area contributed by atoms with Crippen molar-refractivity contribution < 1.29 is 13.2 Å². The molecule has 1 atom stereocenters. The highest BCUT2D eigenvalue weighted by Crippen LogP contribution is 2.26. The van der Waals surface area contributed by atoms with Crippen LogP contribution in [0.4, 0.5) is 14.5 Å². The number of para-hydroxylation sites is 1. The van der Waals surface area contributed by atoms with Crippen molar-refractivity contribution in [1.29, 1.82) is 0 Å². The van der Waals surface area contributed by atoms with Crippen LogP contribution in [0.5, 0.6) is 0 Å². The Morgan fingerprint density at radius 1 is 1.00 bits per heavy atom. The van der Waals surface area contributed by atoms with Crippen molar-refractivity contribution in [2.75, 3.05) is 5.32 Å². The molecular weight excluding hydrogens is 260 g/mol. The van der Waals surface area contributed by atoms with Crippen LogP contribution in [0.1, 0.15) is 18.7 Å². The summed E-state index contributed by atoms with van der Waals surface area (Å²) in [7, 11) is 0. The quantitative estimate of drug-likeness (QED) is 0.735. The molecule has 0 aliphatic heterocycles. The van der Waals surface area contributed by atoms with Gasteiger partial charge in [-0.1, -0.05) is 18.2 Å². The van der Waals surface area contributed by atoms with Gasteiger partial charge in [0.15, 0.2) is 0 Å². The number of rotatable bonds is 3. The summed E-state index contributed by atoms with van der Waals surface area (Å²) in [4.78, 5) is 0. The molecule has 1 aromatic heterocycles. The molecule has 2 nitrogen and oxygen atoms in total. The van der Waals surface area contributed by atoms with E-state index in [4.69, 9.17) is 4.42 Å². The van der Waals surface area contributed by atoms with E-state index in [1.165, 1.54) is 12.1 Å². The normalized spacial score (nSPS) is 12.6. The van der Waals surface area contributed by atoms with Gasteiger partial charge in [-0.2, -0.15) is 0 Å². The molecule has 1 unspecified atom stereocenters. The molecule has 3 rings (SSSR count). The van der Waals surface area contributed by atoms with E-state index in [9.17, 15) is 8.78 Å². The molecule has 0 aliphatic carbocycles. The number of anilines is 1. The van der Waals surface area contributed by atoms with Crippen LogP contribution in [-0.2, 0) is 0 Å². The fourth-order valence-electron chi connectivity index (χ4n) is 2.17. The average molecular weight is 273 g/mol. The lowest BCUT2D eigenvalue weighted by molar-refractivity contribution is 0.525. The summed E-state index contributed by atoms with van der Waals surface area (Å²) >= 11 is 0. The van der Waals surface area contributed by atoms with E-state index in [0.29, 0.717) is 5.69 Å². The van der Waals surface area contributed by atoms with E-state index in [0.717, 1.165) is 22.8 Å². The number of nitrogens with one attached hydrogen (secondary N) is 1. The zero-order valence-corrected chi connectivity index (χ0v) is 10.9. The Morgan fingerprint density at radius 2 is 1.70 bits per heavy atom. The molecule has 0 aliphatic rings. The van der Waals surface area contributed by atoms with Gasteiger partial charge in [-0.25, -0.2) is 8.78 Å². The van der Waals surface area contributed by atoms with Gasteiger partial charge >= 0.3 is 0 Å². The molecule has 0 spiro atoms. The molecule has 0 saturated heterocycles. The number of hydrogen-bond acceptors (Lipinski definition) is 2. The number of halogens is 2. The first kappa shape index (κ1) is 12.7. The zero-order valence-electron chi connectivity index (χ0n) is 10.9. The maximum Gasteiger partial charge on any atom is 0.134 e. The van der Waals surface area contributed by atoms with Crippen LogP contribution < -0.4 is 5.32 Å². The van der Waals surface area contributed by atoms with E-state index >= 15 is 0 Å². The first-order chi connectivity index (χ1) is 9.61. The minimum Gasteiger partial charge on any atom is -0.459 e. The molecule has 20 heavy (non-hydrogen) atoms. The van der Waals surface area contributed by atoms with Crippen molar-refractivity contribution in [3.05, 3.63) is 65.9 Å². The summed E-state index contributed by atoms with van der Waals surface area (Å²) in [5.41, 5.74) is 1.18. The van der Waals surface area contributed by atoms with E-state index in [-0.39, 0.29) is 6.04 Å². The second kappa shape index (κ2) is 4.96. The van der Waals surface area contributed by atoms with E-state index in [1.807, 2.05) is 37.3 Å². The van der Waals surface area contributed by atoms with Crippen LogP contribution in [0.3, 0.4) is 0 Å². The van der Waals surface area contributed by atoms with E-state index in [2.05, 4.69) is 5.32 Å². The van der Waals surface area contributed by atoms with Crippen LogP contribution in [0.15, 0.2) is 52.9 Å². The molecule has 2 aromatic carbocycles. The van der Waals surface area contributed by atoms with Gasteiger partial charge in [0.2, 0.25) is 0 Å². The van der Waals surface area contributed by atoms with Gasteiger partial charge in [0, 0.05) is 17.1 Å². The van der Waals surface area contributed by atoms with Crippen molar-refractivity contribution >= 4 is 16.7 Å². The summed E-state index contributed by atoms with van der Waals surface area (Å²) in [6, 6.07) is 12.7. The van der Waals surface area contributed by atoms with Crippen molar-refractivity contribution in [3.63, 3.8) is 0 Å². The van der Waals surface area contributed by atoms with Crippen molar-refractivity contribution in [3.8, 4) is 0 Å². The Labute approximate surface area is 115 Å². The Balaban J connectivity index is 1.86. The van der Waals surface area contributed by atoms with Crippen LogP contribution in [-0.4, -0.2) is 0 Å². The average Bonchev–Trinajstić information content (AvgIpc) is 2.81. The maximum atomic E-state index is 13.1. The van der Waals surface area contributed by atoms with E-state index in [1.54, 1.807) is 0 Å². The van der Waals surface area contributed by atoms with Crippen molar-refractivity contribution in [2.24, 2.45) is 0 Å². The smallest absolute Gasteiger partial charge is 0.134 e. The summed E-state index contributed by atoms with van der Waals surface area (Å²) in [5, 5.41) is 4.03. The predicted molar refractivity (Wildman–Crippen MR) is 74.6 cm³/mol. The van der Waals surface area contributed by atoms with Gasteiger partial charge in [0.25, 0.3) is 0 Å². The van der Waals surface area contributed by atoms with Crippen LogP contribution in [0.2, 0.25) is 0 Å². The molecule has 102 valence electrons. The third kappa shape index (κ3) is 2.50. The number of furan rings is 1. The standard InChI is InChI=1S/C16H13F2NO/c1-10(19-14-8-12(17)7-13(18)9-14)16-6-11-4-2-3-5-15(11)20-16/h2-10,19H,1H3. The summed E-state index contributed by atoms with van der Waals surface area (Å²) < 4.78 is 32.0. The van der Waals surface area contributed by atoms with Crippen LogP contribution in [0, 0.1) is 11.6 Å². The van der Waals surface area contributed by atoms with Gasteiger partial charge in [-0.3, -0.25) is 0 Å². The SMILES string of the molecule is CC(Nc1cc(F)cc(F)c1)c1cc2ccccc2o1. The predicted octanol–water partition coefficient (Wildman–Crippen LogP) is 4.88. The first-order valence-electron chi connectivity index (χ1n) is 6.33. The monoisotopic (exact) mass is 273 g/mol. The molecule has 0 fully saturated rings. The lowest BCUT2D eigenvalue weighted by atomic mass is 10.2. The van der Waals surface area contributed by atoms with Crippen molar-refractivity contribution in [2.45, 2.75) is 13.0 Å². The fourth-order valence-corrected chi connectivity index (χ4v) is 2.17. The first-order valence-corrected chi connectivity index (χ1v) is 6.33. The third-order valence-corrected chi connectivity index (χ3v) is 3.12. The second-order valence-corrected chi connectivity index (χ2v) is 4.71. The Hall–Kier alpha value is -2.36. The Kier molecular flexibility index (Phi) is 3.14. The Morgan fingerprint density at radius 3 is 2.40 bits per heavy atom. The lowest BCUT2D eigenvalue weighted by Crippen LogP contribution is -2.06. The highest BCUT2D eigenvalue weighted by molar-refractivity contribution is 5.77. The molecule has 0 radical (unpaired) electrons. The lowest BCUT2D eigenvalue weighted by Gasteiger charge is -2.12. The number of benzene rings is 2. The second-order valence-electron chi connectivity index (χ2n) is 4.71. The topological polar surface area (TPSA) is 25.2 Å². The van der Waals surface area contributed by atoms with Crippen LogP contribution in [0.25, 0.3) is 11.0 Å². The van der Waals surface area contributed by atoms with Crippen molar-refractivity contribution in [1.82, 2.24) is 0 Å². The largest absolute Gasteiger partial charge is 0.459 e. The number of fused-ring (bicyclic) bond motifs is 1. The summed E-state index contributed by atoms with van der Waals surface area (Å²) in [5.74, 6) is -0.496. The molecule has 1 heterocycles. The highest BCUT2D eigenvalue weighted by atomic mass is 19.1. The highest BCUT2D eigenvalue weighted by Gasteiger charge is 2.12.